The third-order valence-electron chi connectivity index (χ3n) is 4.16. The highest BCUT2D eigenvalue weighted by atomic mass is 35.5. The minimum Gasteiger partial charge on any atom is -0.320 e. The first-order valence-electron chi connectivity index (χ1n) is 8.09. The Labute approximate surface area is 151 Å². The summed E-state index contributed by atoms with van der Waals surface area (Å²) in [5, 5.41) is 11.8. The van der Waals surface area contributed by atoms with E-state index in [9.17, 15) is 4.79 Å². The van der Waals surface area contributed by atoms with Crippen LogP contribution in [0.1, 0.15) is 34.2 Å². The number of hydrogen-bond donors (Lipinski definition) is 1. The number of carbonyl (C=O) groups excluding carboxylic acids is 1. The Bertz CT molecular complexity index is 933. The van der Waals surface area contributed by atoms with E-state index in [2.05, 4.69) is 22.6 Å². The van der Waals surface area contributed by atoms with Crippen molar-refractivity contribution in [3.05, 3.63) is 70.0 Å². The van der Waals surface area contributed by atoms with Crippen LogP contribution in [-0.4, -0.2) is 20.9 Å². The molecule has 0 aliphatic heterocycles. The van der Waals surface area contributed by atoms with Gasteiger partial charge in [0, 0.05) is 10.7 Å². The number of para-hydroxylation sites is 1. The van der Waals surface area contributed by atoms with Gasteiger partial charge >= 0.3 is 0 Å². The van der Waals surface area contributed by atoms with Crippen molar-refractivity contribution in [2.45, 2.75) is 27.2 Å². The first-order chi connectivity index (χ1) is 12.0. The van der Waals surface area contributed by atoms with Crippen LogP contribution >= 0.6 is 11.6 Å². The maximum absolute atomic E-state index is 12.6. The molecular weight excluding hydrogens is 336 g/mol. The molecule has 1 aromatic heterocycles. The number of nitrogens with one attached hydrogen (secondary N) is 1. The van der Waals surface area contributed by atoms with Gasteiger partial charge in [-0.05, 0) is 49.6 Å². The maximum Gasteiger partial charge on any atom is 0.278 e. The summed E-state index contributed by atoms with van der Waals surface area (Å²) >= 11 is 6.09. The number of rotatable bonds is 4. The number of hydrogen-bond acceptors (Lipinski definition) is 3. The van der Waals surface area contributed by atoms with Crippen LogP contribution in [0, 0.1) is 13.8 Å². The molecule has 6 heteroatoms. The average molecular weight is 355 g/mol. The van der Waals surface area contributed by atoms with Crippen molar-refractivity contribution in [3.63, 3.8) is 0 Å². The molecule has 0 aliphatic carbocycles. The van der Waals surface area contributed by atoms with Crippen molar-refractivity contribution in [1.29, 1.82) is 0 Å². The van der Waals surface area contributed by atoms with Gasteiger partial charge in [0.15, 0.2) is 5.69 Å². The van der Waals surface area contributed by atoms with Gasteiger partial charge < -0.3 is 5.32 Å². The summed E-state index contributed by atoms with van der Waals surface area (Å²) in [7, 11) is 0. The number of benzene rings is 2. The van der Waals surface area contributed by atoms with Crippen molar-refractivity contribution in [2.75, 3.05) is 5.32 Å². The van der Waals surface area contributed by atoms with E-state index in [4.69, 9.17) is 11.6 Å². The Kier molecular flexibility index (Phi) is 4.86. The zero-order valence-corrected chi connectivity index (χ0v) is 15.1. The molecule has 25 heavy (non-hydrogen) atoms. The standard InChI is InChI=1S/C19H19ClN4O/c1-4-14-7-5-6-8-16(14)21-19(25)18-13(3)24(23-22-18)17-11-15(20)10-9-12(17)2/h5-11H,4H2,1-3H3,(H,21,25). The highest BCUT2D eigenvalue weighted by Crippen LogP contribution is 2.22. The first kappa shape index (κ1) is 17.2. The molecule has 0 fully saturated rings. The largest absolute Gasteiger partial charge is 0.320 e. The topological polar surface area (TPSA) is 59.8 Å². The summed E-state index contributed by atoms with van der Waals surface area (Å²) in [6, 6.07) is 13.3. The molecule has 3 rings (SSSR count). The molecule has 0 unspecified atom stereocenters. The van der Waals surface area contributed by atoms with Gasteiger partial charge in [-0.2, -0.15) is 0 Å². The lowest BCUT2D eigenvalue weighted by molar-refractivity contribution is 0.102. The van der Waals surface area contributed by atoms with Gasteiger partial charge in [0.05, 0.1) is 11.4 Å². The van der Waals surface area contributed by atoms with E-state index in [0.717, 1.165) is 28.9 Å². The van der Waals surface area contributed by atoms with E-state index < -0.39 is 0 Å². The number of anilines is 1. The summed E-state index contributed by atoms with van der Waals surface area (Å²) in [5.74, 6) is -0.274. The lowest BCUT2D eigenvalue weighted by atomic mass is 10.1. The summed E-state index contributed by atoms with van der Waals surface area (Å²) in [4.78, 5) is 12.6. The van der Waals surface area contributed by atoms with E-state index >= 15 is 0 Å². The normalized spacial score (nSPS) is 10.7. The van der Waals surface area contributed by atoms with Crippen LogP contribution in [0.15, 0.2) is 42.5 Å². The third kappa shape index (κ3) is 3.42. The van der Waals surface area contributed by atoms with Gasteiger partial charge in [0.2, 0.25) is 0 Å². The molecule has 0 aliphatic rings. The highest BCUT2D eigenvalue weighted by Gasteiger charge is 2.19. The summed E-state index contributed by atoms with van der Waals surface area (Å²) in [6.45, 7) is 5.83. The average Bonchev–Trinajstić information content (AvgIpc) is 2.99. The van der Waals surface area contributed by atoms with Crippen LogP contribution in [-0.2, 0) is 6.42 Å². The smallest absolute Gasteiger partial charge is 0.278 e. The van der Waals surface area contributed by atoms with E-state index in [-0.39, 0.29) is 5.91 Å². The second kappa shape index (κ2) is 7.07. The van der Waals surface area contributed by atoms with E-state index in [1.807, 2.05) is 56.3 Å². The molecule has 2 aromatic carbocycles. The summed E-state index contributed by atoms with van der Waals surface area (Å²) in [6.07, 6.45) is 0.837. The third-order valence-corrected chi connectivity index (χ3v) is 4.39. The zero-order valence-electron chi connectivity index (χ0n) is 14.4. The van der Waals surface area contributed by atoms with Gasteiger partial charge in [-0.15, -0.1) is 5.10 Å². The van der Waals surface area contributed by atoms with E-state index in [0.29, 0.717) is 16.4 Å². The molecule has 0 bridgehead atoms. The molecule has 0 spiro atoms. The SMILES string of the molecule is CCc1ccccc1NC(=O)c1nnn(-c2cc(Cl)ccc2C)c1C. The van der Waals surface area contributed by atoms with Crippen LogP contribution in [0.3, 0.4) is 0 Å². The lowest BCUT2D eigenvalue weighted by Gasteiger charge is -2.10. The molecule has 1 heterocycles. The van der Waals surface area contributed by atoms with Gasteiger partial charge in [-0.3, -0.25) is 4.79 Å². The predicted octanol–water partition coefficient (Wildman–Crippen LogP) is 4.35. The first-order valence-corrected chi connectivity index (χ1v) is 8.47. The maximum atomic E-state index is 12.6. The fourth-order valence-electron chi connectivity index (χ4n) is 2.71. The second-order valence-corrected chi connectivity index (χ2v) is 6.27. The number of nitrogens with zero attached hydrogens (tertiary/aromatic N) is 3. The second-order valence-electron chi connectivity index (χ2n) is 5.83. The predicted molar refractivity (Wildman–Crippen MR) is 99.6 cm³/mol. The monoisotopic (exact) mass is 354 g/mol. The number of carbonyl (C=O) groups is 1. The van der Waals surface area contributed by atoms with Crippen molar-refractivity contribution in [3.8, 4) is 5.69 Å². The molecule has 0 saturated heterocycles. The highest BCUT2D eigenvalue weighted by molar-refractivity contribution is 6.30. The van der Waals surface area contributed by atoms with Crippen LogP contribution in [0.5, 0.6) is 0 Å². The van der Waals surface area contributed by atoms with Crippen molar-refractivity contribution in [1.82, 2.24) is 15.0 Å². The van der Waals surface area contributed by atoms with Crippen LogP contribution in [0.25, 0.3) is 5.69 Å². The van der Waals surface area contributed by atoms with E-state index in [1.54, 1.807) is 4.68 Å². The van der Waals surface area contributed by atoms with Crippen molar-refractivity contribution < 1.29 is 4.79 Å². The molecule has 1 N–H and O–H groups in total. The number of aromatic nitrogens is 3. The van der Waals surface area contributed by atoms with Crippen LogP contribution in [0.2, 0.25) is 5.02 Å². The molecule has 0 saturated carbocycles. The minimum atomic E-state index is -0.274. The van der Waals surface area contributed by atoms with Gasteiger partial charge in [-0.1, -0.05) is 48.0 Å². The molecule has 3 aromatic rings. The van der Waals surface area contributed by atoms with Gasteiger partial charge in [0.25, 0.3) is 5.91 Å². The number of aryl methyl sites for hydroxylation is 2. The summed E-state index contributed by atoms with van der Waals surface area (Å²) < 4.78 is 1.64. The fourth-order valence-corrected chi connectivity index (χ4v) is 2.88. The Morgan fingerprint density at radius 1 is 1.20 bits per heavy atom. The minimum absolute atomic E-state index is 0.274. The Morgan fingerprint density at radius 2 is 1.96 bits per heavy atom. The van der Waals surface area contributed by atoms with Gasteiger partial charge in [0.1, 0.15) is 0 Å². The number of halogens is 1. The summed E-state index contributed by atoms with van der Waals surface area (Å²) in [5.41, 5.74) is 4.64. The molecule has 1 amide bonds. The lowest BCUT2D eigenvalue weighted by Crippen LogP contribution is -2.15. The van der Waals surface area contributed by atoms with Crippen molar-refractivity contribution >= 4 is 23.2 Å². The fraction of sp³-hybridized carbons (Fsp3) is 0.211. The Hall–Kier alpha value is -2.66. The van der Waals surface area contributed by atoms with E-state index in [1.165, 1.54) is 0 Å². The molecule has 0 atom stereocenters. The Morgan fingerprint density at radius 3 is 2.72 bits per heavy atom. The molecular formula is C19H19ClN4O. The van der Waals surface area contributed by atoms with Gasteiger partial charge in [-0.25, -0.2) is 4.68 Å². The van der Waals surface area contributed by atoms with Crippen LogP contribution < -0.4 is 5.32 Å². The molecule has 0 radical (unpaired) electrons. The molecule has 128 valence electrons. The zero-order chi connectivity index (χ0) is 18.0. The quantitative estimate of drug-likeness (QED) is 0.757. The van der Waals surface area contributed by atoms with Crippen LogP contribution in [0.4, 0.5) is 5.69 Å². The van der Waals surface area contributed by atoms with Crippen molar-refractivity contribution in [2.24, 2.45) is 0 Å². The number of amides is 1. The Balaban J connectivity index is 1.93. The molecule has 5 nitrogen and oxygen atoms in total.